The second kappa shape index (κ2) is 7.15. The number of nitro groups is 1. The fourth-order valence-corrected chi connectivity index (χ4v) is 3.26. The van der Waals surface area contributed by atoms with E-state index >= 15 is 0 Å². The van der Waals surface area contributed by atoms with Gasteiger partial charge in [0.2, 0.25) is 0 Å². The number of aryl methyl sites for hydroxylation is 1. The van der Waals surface area contributed by atoms with Gasteiger partial charge in [-0.1, -0.05) is 25.2 Å². The highest BCUT2D eigenvalue weighted by Gasteiger charge is 2.20. The smallest absolute Gasteiger partial charge is 0.272 e. The first-order chi connectivity index (χ1) is 12.0. The fraction of sp³-hybridized carbons (Fsp3) is 0.350. The van der Waals surface area contributed by atoms with Gasteiger partial charge in [0.05, 0.1) is 16.7 Å². The average Bonchev–Trinajstić information content (AvgIpc) is 2.60. The lowest BCUT2D eigenvalue weighted by Crippen LogP contribution is -2.18. The number of hydrogen-bond donors (Lipinski definition) is 0. The summed E-state index contributed by atoms with van der Waals surface area (Å²) in [4.78, 5) is 15.5. The molecule has 1 aromatic rings. The van der Waals surface area contributed by atoms with Crippen molar-refractivity contribution in [2.45, 2.75) is 26.4 Å². The van der Waals surface area contributed by atoms with E-state index in [1.807, 2.05) is 18.2 Å². The van der Waals surface area contributed by atoms with Crippen molar-refractivity contribution in [1.29, 1.82) is 0 Å². The summed E-state index contributed by atoms with van der Waals surface area (Å²) in [6.07, 6.45) is 11.1. The maximum Gasteiger partial charge on any atom is 0.272 e. The second-order valence-electron chi connectivity index (χ2n) is 6.49. The largest absolute Gasteiger partial charge is 0.377 e. The Labute approximate surface area is 147 Å². The Morgan fingerprint density at radius 1 is 1.36 bits per heavy atom. The molecule has 0 aromatic heterocycles. The zero-order valence-corrected chi connectivity index (χ0v) is 14.7. The number of hydrogen-bond acceptors (Lipinski definition) is 4. The van der Waals surface area contributed by atoms with E-state index in [2.05, 4.69) is 30.1 Å². The Hall–Kier alpha value is -2.53. The summed E-state index contributed by atoms with van der Waals surface area (Å²) in [6, 6.07) is 3.57. The predicted molar refractivity (Wildman–Crippen MR) is 99.3 cm³/mol. The van der Waals surface area contributed by atoms with Crippen LogP contribution in [0.1, 0.15) is 23.6 Å². The fourth-order valence-electron chi connectivity index (χ4n) is 3.26. The van der Waals surface area contributed by atoms with Gasteiger partial charge in [-0.2, -0.15) is 0 Å². The van der Waals surface area contributed by atoms with Crippen LogP contribution in [-0.4, -0.2) is 30.4 Å². The van der Waals surface area contributed by atoms with E-state index in [9.17, 15) is 10.1 Å². The lowest BCUT2D eigenvalue weighted by molar-refractivity contribution is -0.385. The minimum Gasteiger partial charge on any atom is -0.377 e. The molecule has 0 amide bonds. The third kappa shape index (κ3) is 3.61. The third-order valence-electron chi connectivity index (χ3n) is 4.73. The van der Waals surface area contributed by atoms with E-state index in [4.69, 9.17) is 4.74 Å². The molecule has 0 radical (unpaired) electrons. The zero-order valence-electron chi connectivity index (χ0n) is 14.7. The maximum absolute atomic E-state index is 11.2. The molecular weight excluding hydrogens is 316 g/mol. The number of nitrogens with zero attached hydrogens (tertiary/aromatic N) is 2. The van der Waals surface area contributed by atoms with Crippen LogP contribution in [0.3, 0.4) is 0 Å². The second-order valence-corrected chi connectivity index (χ2v) is 6.49. The van der Waals surface area contributed by atoms with E-state index in [0.29, 0.717) is 18.0 Å². The average molecular weight is 338 g/mol. The first-order valence-electron chi connectivity index (χ1n) is 8.43. The normalized spacial score (nSPS) is 22.5. The molecule has 0 N–H and O–H groups in total. The summed E-state index contributed by atoms with van der Waals surface area (Å²) in [5.41, 5.74) is 4.68. The SMILES string of the molecule is COC1C=C(/C=C/C2=NCCc3cc(C)c([N+](=O)[O-])cc32)C=CC1C. The third-order valence-corrected chi connectivity index (χ3v) is 4.73. The minimum atomic E-state index is -0.331. The standard InChI is InChI=1S/C20H22N2O3/c1-13-4-5-15(11-20(13)25-3)6-7-18-17-12-19(22(23)24)14(2)10-16(17)8-9-21-18/h4-7,10-13,20H,8-9H2,1-3H3/b7-6+. The van der Waals surface area contributed by atoms with E-state index in [-0.39, 0.29) is 16.7 Å². The Balaban J connectivity index is 1.90. The summed E-state index contributed by atoms with van der Waals surface area (Å²) in [7, 11) is 1.71. The Morgan fingerprint density at radius 2 is 2.16 bits per heavy atom. The molecule has 2 atom stereocenters. The number of aliphatic imine (C=N–C) groups is 1. The maximum atomic E-state index is 11.2. The number of ether oxygens (including phenoxy) is 1. The van der Waals surface area contributed by atoms with Crippen molar-refractivity contribution >= 4 is 11.4 Å². The molecular formula is C20H22N2O3. The molecule has 1 aliphatic heterocycles. The van der Waals surface area contributed by atoms with Gasteiger partial charge in [0.25, 0.3) is 5.69 Å². The zero-order chi connectivity index (χ0) is 18.0. The van der Waals surface area contributed by atoms with Crippen molar-refractivity contribution in [3.63, 3.8) is 0 Å². The summed E-state index contributed by atoms with van der Waals surface area (Å²) < 4.78 is 5.47. The van der Waals surface area contributed by atoms with Crippen molar-refractivity contribution in [3.8, 4) is 0 Å². The molecule has 0 fully saturated rings. The summed E-state index contributed by atoms with van der Waals surface area (Å²) in [5, 5.41) is 11.2. The summed E-state index contributed by atoms with van der Waals surface area (Å²) >= 11 is 0. The van der Waals surface area contributed by atoms with Crippen molar-refractivity contribution < 1.29 is 9.66 Å². The number of fused-ring (bicyclic) bond motifs is 1. The van der Waals surface area contributed by atoms with Crippen LogP contribution in [0.4, 0.5) is 5.69 Å². The molecule has 2 unspecified atom stereocenters. The Bertz CT molecular complexity index is 818. The van der Waals surface area contributed by atoms with Crippen molar-refractivity contribution in [2.75, 3.05) is 13.7 Å². The number of nitro benzene ring substituents is 1. The molecule has 1 aliphatic carbocycles. The number of allylic oxidation sites excluding steroid dienone is 4. The molecule has 0 saturated carbocycles. The lowest BCUT2D eigenvalue weighted by Gasteiger charge is -2.20. The van der Waals surface area contributed by atoms with Crippen LogP contribution in [-0.2, 0) is 11.2 Å². The van der Waals surface area contributed by atoms with E-state index in [1.165, 1.54) is 0 Å². The van der Waals surface area contributed by atoms with Gasteiger partial charge in [-0.3, -0.25) is 15.1 Å². The topological polar surface area (TPSA) is 64.7 Å². The van der Waals surface area contributed by atoms with E-state index in [0.717, 1.165) is 28.8 Å². The molecule has 1 aromatic carbocycles. The molecule has 130 valence electrons. The van der Waals surface area contributed by atoms with Gasteiger partial charge in [-0.05, 0) is 42.7 Å². The predicted octanol–water partition coefficient (Wildman–Crippen LogP) is 3.95. The van der Waals surface area contributed by atoms with Crippen LogP contribution >= 0.6 is 0 Å². The lowest BCUT2D eigenvalue weighted by atomic mass is 9.92. The molecule has 3 rings (SSSR count). The van der Waals surface area contributed by atoms with Gasteiger partial charge in [0.1, 0.15) is 0 Å². The monoisotopic (exact) mass is 338 g/mol. The van der Waals surface area contributed by atoms with Crippen LogP contribution < -0.4 is 0 Å². The quantitative estimate of drug-likeness (QED) is 0.617. The molecule has 1 heterocycles. The molecule has 25 heavy (non-hydrogen) atoms. The van der Waals surface area contributed by atoms with Crippen molar-refractivity contribution in [2.24, 2.45) is 10.9 Å². The van der Waals surface area contributed by atoms with E-state index < -0.39 is 0 Å². The first kappa shape index (κ1) is 17.3. The Morgan fingerprint density at radius 3 is 2.88 bits per heavy atom. The van der Waals surface area contributed by atoms with Crippen LogP contribution in [0.15, 0.2) is 53.1 Å². The summed E-state index contributed by atoms with van der Waals surface area (Å²) in [6.45, 7) is 4.60. The van der Waals surface area contributed by atoms with Crippen LogP contribution in [0, 0.1) is 23.0 Å². The van der Waals surface area contributed by atoms with Gasteiger partial charge in [0.15, 0.2) is 0 Å². The highest BCUT2D eigenvalue weighted by Crippen LogP contribution is 2.27. The Kier molecular flexibility index (Phi) is 4.95. The van der Waals surface area contributed by atoms with Crippen LogP contribution in [0.25, 0.3) is 0 Å². The van der Waals surface area contributed by atoms with Crippen LogP contribution in [0.2, 0.25) is 0 Å². The number of methoxy groups -OCH3 is 1. The highest BCUT2D eigenvalue weighted by molar-refractivity contribution is 6.11. The molecule has 5 heteroatoms. The summed E-state index contributed by atoms with van der Waals surface area (Å²) in [5.74, 6) is 0.348. The molecule has 0 spiro atoms. The molecule has 2 aliphatic rings. The van der Waals surface area contributed by atoms with Crippen LogP contribution in [0.5, 0.6) is 0 Å². The molecule has 5 nitrogen and oxygen atoms in total. The number of rotatable bonds is 4. The minimum absolute atomic E-state index is 0.0639. The van der Waals surface area contributed by atoms with Crippen molar-refractivity contribution in [1.82, 2.24) is 0 Å². The van der Waals surface area contributed by atoms with E-state index in [1.54, 1.807) is 20.1 Å². The number of benzene rings is 1. The van der Waals surface area contributed by atoms with Gasteiger partial charge in [0, 0.05) is 36.8 Å². The molecule has 0 saturated heterocycles. The van der Waals surface area contributed by atoms with Gasteiger partial charge in [-0.15, -0.1) is 0 Å². The van der Waals surface area contributed by atoms with Gasteiger partial charge in [-0.25, -0.2) is 0 Å². The molecule has 0 bridgehead atoms. The van der Waals surface area contributed by atoms with Gasteiger partial charge >= 0.3 is 0 Å². The van der Waals surface area contributed by atoms with Crippen molar-refractivity contribution in [3.05, 3.63) is 74.9 Å². The van der Waals surface area contributed by atoms with Gasteiger partial charge < -0.3 is 4.74 Å². The first-order valence-corrected chi connectivity index (χ1v) is 8.43. The highest BCUT2D eigenvalue weighted by atomic mass is 16.6.